The van der Waals surface area contributed by atoms with Crippen LogP contribution in [0.4, 0.5) is 70.8 Å². The molecule has 6 atom stereocenters. The molecular formula is C51H46Cl2F6N12O8. The highest BCUT2D eigenvalue weighted by atomic mass is 35.5. The number of piperidine rings is 2. The van der Waals surface area contributed by atoms with Gasteiger partial charge in [-0.2, -0.15) is 36.3 Å². The van der Waals surface area contributed by atoms with Gasteiger partial charge in [-0.3, -0.25) is 20.4 Å². The molecule has 4 amide bonds. The Balaban J connectivity index is 0.790. The van der Waals surface area contributed by atoms with E-state index in [1.807, 2.05) is 9.80 Å². The predicted octanol–water partition coefficient (Wildman–Crippen LogP) is 8.70. The number of pyridine rings is 2. The van der Waals surface area contributed by atoms with Crippen molar-refractivity contribution in [1.29, 1.82) is 0 Å². The van der Waals surface area contributed by atoms with E-state index in [1.54, 1.807) is 6.07 Å². The summed E-state index contributed by atoms with van der Waals surface area (Å²) in [6, 6.07) is 12.5. The molecule has 5 aliphatic rings. The number of nitrogens with zero attached hydrogens (tertiary/aromatic N) is 10. The van der Waals surface area contributed by atoms with Gasteiger partial charge in [0.05, 0.1) is 75.3 Å². The fraction of sp³-hybridized carbons (Fsp3) is 0.373. The summed E-state index contributed by atoms with van der Waals surface area (Å²) in [5, 5.41) is 24.4. The summed E-state index contributed by atoms with van der Waals surface area (Å²) in [6.07, 6.45) is -7.02. The predicted molar refractivity (Wildman–Crippen MR) is 275 cm³/mol. The number of urea groups is 2. The normalized spacial score (nSPS) is 21.0. The van der Waals surface area contributed by atoms with E-state index in [2.05, 4.69) is 30.6 Å². The summed E-state index contributed by atoms with van der Waals surface area (Å²) in [4.78, 5) is 61.8. The Morgan fingerprint density at radius 1 is 0.734 bits per heavy atom. The minimum atomic E-state index is -4.67. The molecule has 20 nitrogen and oxygen atoms in total. The molecule has 3 saturated heterocycles. The maximum absolute atomic E-state index is 14.3. The number of halogens is 8. The van der Waals surface area contributed by atoms with Crippen molar-refractivity contribution in [1.82, 2.24) is 29.9 Å². The second kappa shape index (κ2) is 21.7. The topological polar surface area (TPSA) is 226 Å². The van der Waals surface area contributed by atoms with E-state index >= 15 is 0 Å². The van der Waals surface area contributed by atoms with E-state index in [4.69, 9.17) is 52.1 Å². The fourth-order valence-corrected chi connectivity index (χ4v) is 10.8. The molecule has 414 valence electrons. The van der Waals surface area contributed by atoms with Crippen molar-refractivity contribution in [3.8, 4) is 34.3 Å². The first kappa shape index (κ1) is 53.6. The third-order valence-electron chi connectivity index (χ3n) is 13.9. The van der Waals surface area contributed by atoms with Crippen LogP contribution in [0.3, 0.4) is 0 Å². The van der Waals surface area contributed by atoms with Crippen molar-refractivity contribution in [2.45, 2.75) is 74.7 Å². The van der Waals surface area contributed by atoms with E-state index in [9.17, 15) is 46.1 Å². The summed E-state index contributed by atoms with van der Waals surface area (Å²) < 4.78 is 107. The van der Waals surface area contributed by atoms with E-state index in [1.165, 1.54) is 64.7 Å². The first-order valence-electron chi connectivity index (χ1n) is 24.8. The van der Waals surface area contributed by atoms with Crippen LogP contribution in [0, 0.1) is 0 Å². The lowest BCUT2D eigenvalue weighted by atomic mass is 9.93. The molecule has 4 N–H and O–H groups in total. The van der Waals surface area contributed by atoms with Gasteiger partial charge in [0.25, 0.3) is 0 Å². The minimum Gasteiger partial charge on any atom is -0.475 e. The van der Waals surface area contributed by atoms with Gasteiger partial charge >= 0.3 is 24.4 Å². The number of aliphatic hydroxyl groups excluding tert-OH is 2. The maximum atomic E-state index is 14.3. The minimum absolute atomic E-state index is 0.00406. The van der Waals surface area contributed by atoms with E-state index in [-0.39, 0.29) is 100 Å². The van der Waals surface area contributed by atoms with Gasteiger partial charge in [-0.05, 0) is 62.1 Å². The number of ether oxygens (including phenoxy) is 4. The Morgan fingerprint density at radius 3 is 1.90 bits per heavy atom. The van der Waals surface area contributed by atoms with Crippen LogP contribution in [0.25, 0.3) is 22.5 Å². The van der Waals surface area contributed by atoms with E-state index < -0.39 is 72.7 Å². The molecule has 4 aromatic heterocycles. The number of carbonyl (C=O) groups excluding carboxylic acids is 2. The second-order valence-electron chi connectivity index (χ2n) is 19.1. The Hall–Kier alpha value is -7.36. The molecule has 6 aromatic rings. The van der Waals surface area contributed by atoms with Crippen LogP contribution in [-0.2, 0) is 21.8 Å². The number of hydrogen-bond acceptors (Lipinski definition) is 16. The summed E-state index contributed by atoms with van der Waals surface area (Å²) >= 11 is 13.5. The monoisotopic (exact) mass is 1140 g/mol. The number of aliphatic hydroxyl groups is 2. The van der Waals surface area contributed by atoms with Gasteiger partial charge in [0, 0.05) is 55.3 Å². The van der Waals surface area contributed by atoms with Crippen LogP contribution >= 0.6 is 23.2 Å². The van der Waals surface area contributed by atoms with Crippen molar-refractivity contribution in [2.24, 2.45) is 0 Å². The van der Waals surface area contributed by atoms with Gasteiger partial charge < -0.3 is 39.0 Å². The summed E-state index contributed by atoms with van der Waals surface area (Å²) in [5.74, 6) is 0.0981. The zero-order chi connectivity index (χ0) is 55.3. The van der Waals surface area contributed by atoms with Gasteiger partial charge in [0.1, 0.15) is 25.4 Å². The lowest BCUT2D eigenvalue weighted by Crippen LogP contribution is -2.61. The molecule has 4 bridgehead atoms. The van der Waals surface area contributed by atoms with Crippen LogP contribution in [0.2, 0.25) is 10.0 Å². The Morgan fingerprint density at radius 2 is 1.30 bits per heavy atom. The summed E-state index contributed by atoms with van der Waals surface area (Å²) in [6.45, 7) is 0.573. The molecule has 0 saturated carbocycles. The third kappa shape index (κ3) is 11.2. The lowest BCUT2D eigenvalue weighted by Gasteiger charge is -2.50. The van der Waals surface area contributed by atoms with Gasteiger partial charge in [0.2, 0.25) is 23.7 Å². The molecule has 11 rings (SSSR count). The average Bonchev–Trinajstić information content (AvgIpc) is 4.09. The number of fused-ring (bicyclic) bond motifs is 8. The van der Waals surface area contributed by atoms with E-state index in [0.717, 1.165) is 30.7 Å². The standard InChI is InChI=1S/C51H46Cl2F6N12O8/c52-34-18-37-43(64-41(34)26-4-1-6-28(16-26)50(54,55)56)70(30-8-3-15-68(37)20-30)48(74)66-47-61-14-12-40(63-47)77-24-33-25-78-45(79-33)36-10-9-31-21-69(36)38-19-35(53)42(27-5-2-7-29(17-27)51(57,58)59)65-44(38)71(31)49(75)67-46-60-13-11-39(62-46)76-23-32(73)22-72/h1-2,4-7,11-14,16-19,30-33,36,45,72-73H,3,8-10,15,20-25H2,(H,60,62,67,75)(H,61,63,66,74)/t30-,31-,32+,33-,36?,45?/m0/s1. The Labute approximate surface area is 455 Å². The van der Waals surface area contributed by atoms with Gasteiger partial charge in [-0.25, -0.2) is 29.5 Å². The van der Waals surface area contributed by atoms with Crippen molar-refractivity contribution < 1.29 is 65.1 Å². The second-order valence-corrected chi connectivity index (χ2v) is 19.9. The number of amides is 4. The zero-order valence-corrected chi connectivity index (χ0v) is 42.7. The highest BCUT2D eigenvalue weighted by Crippen LogP contribution is 2.47. The van der Waals surface area contributed by atoms with Crippen LogP contribution in [-0.4, -0.2) is 135 Å². The molecular weight excluding hydrogens is 1090 g/mol. The van der Waals surface area contributed by atoms with Gasteiger partial charge in [0.15, 0.2) is 17.9 Å². The highest BCUT2D eigenvalue weighted by Gasteiger charge is 2.48. The number of rotatable bonds is 12. The third-order valence-corrected chi connectivity index (χ3v) is 14.5. The quantitative estimate of drug-likeness (QED) is 0.0841. The SMILES string of the molecule is O=C(Nc1nccc(OC[C@H]2COC(C3CC[C@H]4CN3c3cc(Cl)c(-c5cccc(C(F)(F)F)c5)nc3N4C(=O)Nc3nccc(OC[C@H](O)CO)n3)O2)n1)N1c2nc(-c3cccc(C(F)(F)F)c3)c(Cl)cc2N2CCC[C@H]1C2. The summed E-state index contributed by atoms with van der Waals surface area (Å²) in [5.41, 5.74) is -0.652. The Bertz CT molecular complexity index is 3300. The Kier molecular flexibility index (Phi) is 14.7. The molecule has 2 unspecified atom stereocenters. The fourth-order valence-electron chi connectivity index (χ4n) is 10.3. The molecule has 5 aliphatic heterocycles. The van der Waals surface area contributed by atoms with Crippen LogP contribution in [0.15, 0.2) is 85.2 Å². The molecule has 2 aromatic carbocycles. The van der Waals surface area contributed by atoms with Crippen LogP contribution in [0.5, 0.6) is 11.8 Å². The number of anilines is 6. The van der Waals surface area contributed by atoms with Crippen molar-refractivity contribution in [3.05, 3.63) is 106 Å². The molecule has 79 heavy (non-hydrogen) atoms. The first-order valence-corrected chi connectivity index (χ1v) is 25.6. The number of alkyl halides is 6. The number of hydrogen-bond donors (Lipinski definition) is 4. The smallest absolute Gasteiger partial charge is 0.416 e. The molecule has 0 radical (unpaired) electrons. The highest BCUT2D eigenvalue weighted by molar-refractivity contribution is 6.34. The van der Waals surface area contributed by atoms with Gasteiger partial charge in [-0.1, -0.05) is 47.5 Å². The first-order chi connectivity index (χ1) is 37.9. The van der Waals surface area contributed by atoms with Crippen LogP contribution in [0.1, 0.15) is 36.8 Å². The average molecular weight is 1140 g/mol. The van der Waals surface area contributed by atoms with Gasteiger partial charge in [-0.15, -0.1) is 0 Å². The molecule has 9 heterocycles. The van der Waals surface area contributed by atoms with Crippen molar-refractivity contribution in [3.63, 3.8) is 0 Å². The number of carbonyl (C=O) groups is 2. The van der Waals surface area contributed by atoms with E-state index in [0.29, 0.717) is 43.7 Å². The number of benzene rings is 2. The number of aromatic nitrogens is 6. The molecule has 3 fully saturated rings. The molecule has 28 heteroatoms. The largest absolute Gasteiger partial charge is 0.475 e. The lowest BCUT2D eigenvalue weighted by molar-refractivity contribution is -0.138. The van der Waals surface area contributed by atoms with Crippen molar-refractivity contribution >= 4 is 70.2 Å². The van der Waals surface area contributed by atoms with Crippen LogP contribution < -0.4 is 39.7 Å². The number of nitrogens with one attached hydrogen (secondary N) is 2. The molecule has 0 spiro atoms. The molecule has 0 aliphatic carbocycles. The summed E-state index contributed by atoms with van der Waals surface area (Å²) in [7, 11) is 0. The zero-order valence-electron chi connectivity index (χ0n) is 41.2. The van der Waals surface area contributed by atoms with Crippen molar-refractivity contribution in [2.75, 3.05) is 76.3 Å². The maximum Gasteiger partial charge on any atom is 0.416 e.